The van der Waals surface area contributed by atoms with Crippen LogP contribution in [0.5, 0.6) is 11.5 Å². The van der Waals surface area contributed by atoms with Gasteiger partial charge in [0.2, 0.25) is 0 Å². The summed E-state index contributed by atoms with van der Waals surface area (Å²) in [7, 11) is 3.30. The molecule has 0 bridgehead atoms. The summed E-state index contributed by atoms with van der Waals surface area (Å²) in [5.41, 5.74) is 2.40. The Kier molecular flexibility index (Phi) is 5.46. The summed E-state index contributed by atoms with van der Waals surface area (Å²) in [5.74, 6) is 1.50. The van der Waals surface area contributed by atoms with Crippen LogP contribution in [0.4, 0.5) is 0 Å². The first kappa shape index (κ1) is 15.4. The van der Waals surface area contributed by atoms with Crippen LogP contribution in [0.15, 0.2) is 33.4 Å². The van der Waals surface area contributed by atoms with E-state index in [0.717, 1.165) is 28.1 Å². The summed E-state index contributed by atoms with van der Waals surface area (Å²) < 4.78 is 11.8. The molecule has 1 N–H and O–H groups in total. The minimum absolute atomic E-state index is 0.139. The van der Waals surface area contributed by atoms with Crippen LogP contribution in [0.25, 0.3) is 0 Å². The van der Waals surface area contributed by atoms with Gasteiger partial charge >= 0.3 is 0 Å². The SMILES string of the molecule is CCNC(c1ccc(OC)c(OC)c1)c1cscc1Br. The van der Waals surface area contributed by atoms with Crippen LogP contribution in [0.2, 0.25) is 0 Å². The topological polar surface area (TPSA) is 30.5 Å². The van der Waals surface area contributed by atoms with Crippen molar-refractivity contribution in [2.75, 3.05) is 20.8 Å². The molecule has 1 aromatic heterocycles. The van der Waals surface area contributed by atoms with Crippen molar-refractivity contribution in [3.05, 3.63) is 44.6 Å². The third-order valence-electron chi connectivity index (χ3n) is 3.10. The zero-order valence-electron chi connectivity index (χ0n) is 11.8. The Morgan fingerprint density at radius 3 is 2.50 bits per heavy atom. The predicted octanol–water partition coefficient (Wildman–Crippen LogP) is 4.23. The quantitative estimate of drug-likeness (QED) is 0.840. The Bertz CT molecular complexity index is 571. The molecular weight excluding hydrogens is 338 g/mol. The lowest BCUT2D eigenvalue weighted by molar-refractivity contribution is 0.354. The summed E-state index contributed by atoms with van der Waals surface area (Å²) in [6.07, 6.45) is 0. The van der Waals surface area contributed by atoms with Crippen LogP contribution in [0, 0.1) is 0 Å². The zero-order chi connectivity index (χ0) is 14.5. The number of hydrogen-bond donors (Lipinski definition) is 1. The maximum absolute atomic E-state index is 5.39. The van der Waals surface area contributed by atoms with E-state index in [1.54, 1.807) is 25.6 Å². The van der Waals surface area contributed by atoms with Crippen molar-refractivity contribution in [3.8, 4) is 11.5 Å². The standard InChI is InChI=1S/C15H18BrNO2S/c1-4-17-15(11-8-20-9-12(11)16)10-5-6-13(18-2)14(7-10)19-3/h5-9,15,17H,4H2,1-3H3. The van der Waals surface area contributed by atoms with E-state index >= 15 is 0 Å². The summed E-state index contributed by atoms with van der Waals surface area (Å²) >= 11 is 5.30. The molecule has 0 spiro atoms. The minimum atomic E-state index is 0.139. The maximum atomic E-state index is 5.39. The molecule has 1 unspecified atom stereocenters. The molecule has 0 aliphatic carbocycles. The van der Waals surface area contributed by atoms with Crippen molar-refractivity contribution in [2.24, 2.45) is 0 Å². The van der Waals surface area contributed by atoms with Gasteiger partial charge in [0, 0.05) is 9.85 Å². The number of benzene rings is 1. The van der Waals surface area contributed by atoms with Crippen molar-refractivity contribution in [1.29, 1.82) is 0 Å². The number of methoxy groups -OCH3 is 2. The number of nitrogens with one attached hydrogen (secondary N) is 1. The monoisotopic (exact) mass is 355 g/mol. The van der Waals surface area contributed by atoms with Crippen molar-refractivity contribution in [1.82, 2.24) is 5.32 Å². The maximum Gasteiger partial charge on any atom is 0.161 e. The molecule has 0 amide bonds. The second kappa shape index (κ2) is 7.11. The van der Waals surface area contributed by atoms with Gasteiger partial charge in [-0.3, -0.25) is 0 Å². The fourth-order valence-electron chi connectivity index (χ4n) is 2.14. The van der Waals surface area contributed by atoms with Crippen molar-refractivity contribution < 1.29 is 9.47 Å². The average Bonchev–Trinajstić information content (AvgIpc) is 2.90. The van der Waals surface area contributed by atoms with Gasteiger partial charge in [0.05, 0.1) is 20.3 Å². The Labute approximate surface area is 132 Å². The van der Waals surface area contributed by atoms with Gasteiger partial charge in [-0.05, 0) is 51.1 Å². The lowest BCUT2D eigenvalue weighted by Gasteiger charge is -2.19. The number of hydrogen-bond acceptors (Lipinski definition) is 4. The number of ether oxygens (including phenoxy) is 2. The highest BCUT2D eigenvalue weighted by molar-refractivity contribution is 9.10. The second-order valence-electron chi connectivity index (χ2n) is 4.28. The van der Waals surface area contributed by atoms with Crippen molar-refractivity contribution in [3.63, 3.8) is 0 Å². The number of thiophene rings is 1. The van der Waals surface area contributed by atoms with Gasteiger partial charge in [-0.15, -0.1) is 0 Å². The number of halogens is 1. The van der Waals surface area contributed by atoms with Crippen LogP contribution in [0.1, 0.15) is 24.1 Å². The normalized spacial score (nSPS) is 12.2. The Hall–Kier alpha value is -1.04. The van der Waals surface area contributed by atoms with Gasteiger partial charge in [0.1, 0.15) is 0 Å². The Morgan fingerprint density at radius 2 is 1.95 bits per heavy atom. The first-order chi connectivity index (χ1) is 9.71. The molecule has 0 radical (unpaired) electrons. The third kappa shape index (κ3) is 3.16. The molecule has 0 aliphatic heterocycles. The van der Waals surface area contributed by atoms with Gasteiger partial charge in [0.25, 0.3) is 0 Å². The smallest absolute Gasteiger partial charge is 0.161 e. The molecule has 1 atom stereocenters. The fourth-order valence-corrected chi connectivity index (χ4v) is 3.69. The molecule has 2 aromatic rings. The van der Waals surface area contributed by atoms with E-state index in [0.29, 0.717) is 0 Å². The molecule has 2 rings (SSSR count). The number of rotatable bonds is 6. The van der Waals surface area contributed by atoms with Crippen molar-refractivity contribution >= 4 is 27.3 Å². The molecule has 0 aliphatic rings. The van der Waals surface area contributed by atoms with Crippen LogP contribution in [-0.2, 0) is 0 Å². The predicted molar refractivity (Wildman–Crippen MR) is 87.1 cm³/mol. The summed E-state index contributed by atoms with van der Waals surface area (Å²) in [5, 5.41) is 7.77. The van der Waals surface area contributed by atoms with Crippen LogP contribution < -0.4 is 14.8 Å². The van der Waals surface area contributed by atoms with E-state index in [4.69, 9.17) is 9.47 Å². The van der Waals surface area contributed by atoms with Gasteiger partial charge in [-0.1, -0.05) is 13.0 Å². The molecule has 1 aromatic carbocycles. The Morgan fingerprint density at radius 1 is 1.20 bits per heavy atom. The molecule has 108 valence electrons. The van der Waals surface area contributed by atoms with E-state index in [2.05, 4.69) is 45.0 Å². The van der Waals surface area contributed by atoms with Crippen LogP contribution in [-0.4, -0.2) is 20.8 Å². The van der Waals surface area contributed by atoms with E-state index in [-0.39, 0.29) is 6.04 Å². The van der Waals surface area contributed by atoms with E-state index < -0.39 is 0 Å². The first-order valence-electron chi connectivity index (χ1n) is 6.38. The van der Waals surface area contributed by atoms with Gasteiger partial charge < -0.3 is 14.8 Å². The molecule has 0 fully saturated rings. The first-order valence-corrected chi connectivity index (χ1v) is 8.11. The van der Waals surface area contributed by atoms with Gasteiger partial charge in [-0.25, -0.2) is 0 Å². The molecule has 0 saturated heterocycles. The summed E-state index contributed by atoms with van der Waals surface area (Å²) in [6, 6.07) is 6.17. The lowest BCUT2D eigenvalue weighted by Crippen LogP contribution is -2.21. The molecule has 3 nitrogen and oxygen atoms in total. The van der Waals surface area contributed by atoms with Gasteiger partial charge in [0.15, 0.2) is 11.5 Å². The van der Waals surface area contributed by atoms with E-state index in [1.807, 2.05) is 12.1 Å². The molecule has 1 heterocycles. The molecule has 5 heteroatoms. The Balaban J connectivity index is 2.42. The molecule has 20 heavy (non-hydrogen) atoms. The van der Waals surface area contributed by atoms with E-state index in [1.165, 1.54) is 5.56 Å². The summed E-state index contributed by atoms with van der Waals surface area (Å²) in [4.78, 5) is 0. The van der Waals surface area contributed by atoms with Crippen molar-refractivity contribution in [2.45, 2.75) is 13.0 Å². The summed E-state index contributed by atoms with van der Waals surface area (Å²) in [6.45, 7) is 3.00. The third-order valence-corrected chi connectivity index (χ3v) is 4.85. The zero-order valence-corrected chi connectivity index (χ0v) is 14.2. The average molecular weight is 356 g/mol. The van der Waals surface area contributed by atoms with Crippen LogP contribution in [0.3, 0.4) is 0 Å². The molecular formula is C15H18BrNO2S. The molecule has 0 saturated carbocycles. The highest BCUT2D eigenvalue weighted by atomic mass is 79.9. The van der Waals surface area contributed by atoms with Crippen LogP contribution >= 0.6 is 27.3 Å². The van der Waals surface area contributed by atoms with Gasteiger partial charge in [-0.2, -0.15) is 11.3 Å². The highest BCUT2D eigenvalue weighted by Crippen LogP contribution is 2.35. The lowest BCUT2D eigenvalue weighted by atomic mass is 10.0. The largest absolute Gasteiger partial charge is 0.493 e. The minimum Gasteiger partial charge on any atom is -0.493 e. The second-order valence-corrected chi connectivity index (χ2v) is 5.88. The fraction of sp³-hybridized carbons (Fsp3) is 0.333. The highest BCUT2D eigenvalue weighted by Gasteiger charge is 2.18. The van der Waals surface area contributed by atoms with E-state index in [9.17, 15) is 0 Å².